The van der Waals surface area contributed by atoms with Crippen LogP contribution in [0.3, 0.4) is 0 Å². The van der Waals surface area contributed by atoms with Gasteiger partial charge in [-0.3, -0.25) is 4.79 Å². The molecule has 2 aromatic carbocycles. The number of likely N-dealkylation sites (N-methyl/N-ethyl adjacent to an activating group) is 1. The molecule has 2 aromatic rings. The average molecular weight is 366 g/mol. The van der Waals surface area contributed by atoms with E-state index in [1.165, 1.54) is 5.56 Å². The molecule has 142 valence electrons. The minimum atomic E-state index is -0.184. The number of ether oxygens (including phenoxy) is 2. The number of nitrogens with zero attached hydrogens (tertiary/aromatic N) is 1. The summed E-state index contributed by atoms with van der Waals surface area (Å²) in [7, 11) is 5.19. The largest absolute Gasteiger partial charge is 0.493 e. The van der Waals surface area contributed by atoms with E-state index in [-0.39, 0.29) is 11.4 Å². The zero-order chi connectivity index (χ0) is 19.6. The van der Waals surface area contributed by atoms with Gasteiger partial charge < -0.3 is 19.7 Å². The van der Waals surface area contributed by atoms with Crippen LogP contribution in [0.4, 0.5) is 5.69 Å². The molecule has 0 aromatic heterocycles. The van der Waals surface area contributed by atoms with Gasteiger partial charge in [-0.05, 0) is 38.0 Å². The summed E-state index contributed by atoms with van der Waals surface area (Å²) in [4.78, 5) is 14.9. The SMILES string of the molecule is COc1ccc(NC(=O)/C=C2/c3ccccc3CC(C)(C)N2C)cc1OC. The molecular formula is C22H26N2O3. The predicted molar refractivity (Wildman–Crippen MR) is 108 cm³/mol. The van der Waals surface area contributed by atoms with Gasteiger partial charge in [-0.15, -0.1) is 0 Å². The Balaban J connectivity index is 1.90. The van der Waals surface area contributed by atoms with Gasteiger partial charge in [0.1, 0.15) is 0 Å². The van der Waals surface area contributed by atoms with Crippen LogP contribution in [0.1, 0.15) is 25.0 Å². The van der Waals surface area contributed by atoms with Crippen LogP contribution in [-0.4, -0.2) is 37.6 Å². The second-order valence-corrected chi connectivity index (χ2v) is 7.29. The van der Waals surface area contributed by atoms with Gasteiger partial charge in [-0.25, -0.2) is 0 Å². The van der Waals surface area contributed by atoms with Crippen molar-refractivity contribution in [2.45, 2.75) is 25.8 Å². The van der Waals surface area contributed by atoms with Crippen LogP contribution in [-0.2, 0) is 11.2 Å². The van der Waals surface area contributed by atoms with E-state index in [0.29, 0.717) is 17.2 Å². The molecule has 1 amide bonds. The zero-order valence-electron chi connectivity index (χ0n) is 16.5. The predicted octanol–water partition coefficient (Wildman–Crippen LogP) is 3.95. The molecule has 0 unspecified atom stereocenters. The van der Waals surface area contributed by atoms with E-state index in [9.17, 15) is 4.79 Å². The van der Waals surface area contributed by atoms with Gasteiger partial charge in [0.05, 0.1) is 14.2 Å². The van der Waals surface area contributed by atoms with E-state index in [0.717, 1.165) is 17.7 Å². The smallest absolute Gasteiger partial charge is 0.250 e. The van der Waals surface area contributed by atoms with E-state index in [4.69, 9.17) is 9.47 Å². The monoisotopic (exact) mass is 366 g/mol. The van der Waals surface area contributed by atoms with Crippen LogP contribution in [0.15, 0.2) is 48.5 Å². The Morgan fingerprint density at radius 2 is 1.81 bits per heavy atom. The number of hydrogen-bond donors (Lipinski definition) is 1. The zero-order valence-corrected chi connectivity index (χ0v) is 16.5. The first-order valence-electron chi connectivity index (χ1n) is 8.92. The number of amides is 1. The lowest BCUT2D eigenvalue weighted by molar-refractivity contribution is -0.111. The molecule has 0 saturated carbocycles. The molecule has 1 heterocycles. The van der Waals surface area contributed by atoms with Crippen LogP contribution >= 0.6 is 0 Å². The van der Waals surface area contributed by atoms with Gasteiger partial charge in [0.2, 0.25) is 5.91 Å². The van der Waals surface area contributed by atoms with Crippen molar-refractivity contribution in [1.29, 1.82) is 0 Å². The van der Waals surface area contributed by atoms with Crippen LogP contribution in [0.2, 0.25) is 0 Å². The first-order valence-corrected chi connectivity index (χ1v) is 8.92. The van der Waals surface area contributed by atoms with Crippen molar-refractivity contribution in [3.05, 3.63) is 59.7 Å². The number of nitrogens with one attached hydrogen (secondary N) is 1. The Hall–Kier alpha value is -2.95. The molecule has 0 radical (unpaired) electrons. The topological polar surface area (TPSA) is 50.8 Å². The molecule has 0 bridgehead atoms. The molecule has 1 aliphatic rings. The molecule has 27 heavy (non-hydrogen) atoms. The Morgan fingerprint density at radius 1 is 1.11 bits per heavy atom. The number of anilines is 1. The summed E-state index contributed by atoms with van der Waals surface area (Å²) in [6.45, 7) is 4.37. The maximum absolute atomic E-state index is 12.7. The van der Waals surface area contributed by atoms with Crippen molar-refractivity contribution < 1.29 is 14.3 Å². The third-order valence-corrected chi connectivity index (χ3v) is 5.10. The normalized spacial score (nSPS) is 16.6. The van der Waals surface area contributed by atoms with E-state index in [2.05, 4.69) is 36.2 Å². The fourth-order valence-corrected chi connectivity index (χ4v) is 3.41. The summed E-state index contributed by atoms with van der Waals surface area (Å²) < 4.78 is 10.5. The fourth-order valence-electron chi connectivity index (χ4n) is 3.41. The number of benzene rings is 2. The Morgan fingerprint density at radius 3 is 2.52 bits per heavy atom. The minimum Gasteiger partial charge on any atom is -0.493 e. The number of carbonyl (C=O) groups is 1. The first kappa shape index (κ1) is 18.8. The van der Waals surface area contributed by atoms with Gasteiger partial charge in [0.15, 0.2) is 11.5 Å². The van der Waals surface area contributed by atoms with Gasteiger partial charge >= 0.3 is 0 Å². The summed E-state index contributed by atoms with van der Waals surface area (Å²) in [6.07, 6.45) is 2.60. The Kier molecular flexibility index (Phi) is 5.13. The second-order valence-electron chi connectivity index (χ2n) is 7.29. The van der Waals surface area contributed by atoms with Crippen LogP contribution in [0.5, 0.6) is 11.5 Å². The van der Waals surface area contributed by atoms with Crippen molar-refractivity contribution in [2.24, 2.45) is 0 Å². The highest BCUT2D eigenvalue weighted by atomic mass is 16.5. The quantitative estimate of drug-likeness (QED) is 0.833. The van der Waals surface area contributed by atoms with Gasteiger partial charge in [-0.2, -0.15) is 0 Å². The Labute approximate surface area is 160 Å². The van der Waals surface area contributed by atoms with Crippen molar-refractivity contribution in [3.63, 3.8) is 0 Å². The molecule has 0 spiro atoms. The highest BCUT2D eigenvalue weighted by Gasteiger charge is 2.33. The molecular weight excluding hydrogens is 340 g/mol. The number of methoxy groups -OCH3 is 2. The van der Waals surface area contributed by atoms with E-state index in [1.807, 2.05) is 19.2 Å². The van der Waals surface area contributed by atoms with Crippen molar-refractivity contribution in [3.8, 4) is 11.5 Å². The highest BCUT2D eigenvalue weighted by Crippen LogP contribution is 2.36. The molecule has 1 aliphatic heterocycles. The lowest BCUT2D eigenvalue weighted by Crippen LogP contribution is -2.45. The first-order chi connectivity index (χ1) is 12.9. The molecule has 0 aliphatic carbocycles. The summed E-state index contributed by atoms with van der Waals surface area (Å²) in [5.41, 5.74) is 3.86. The maximum atomic E-state index is 12.7. The third-order valence-electron chi connectivity index (χ3n) is 5.10. The lowest BCUT2D eigenvalue weighted by atomic mass is 9.84. The minimum absolute atomic E-state index is 0.0657. The summed E-state index contributed by atoms with van der Waals surface area (Å²) in [5.74, 6) is 1.01. The standard InChI is InChI=1S/C22H26N2O3/c1-22(2)14-15-8-6-7-9-17(15)18(24(22)3)13-21(25)23-16-10-11-19(26-4)20(12-16)27-5/h6-13H,14H2,1-5H3,(H,23,25)/b18-13-. The molecule has 5 heteroatoms. The molecule has 1 N–H and O–H groups in total. The Bertz CT molecular complexity index is 887. The average Bonchev–Trinajstić information content (AvgIpc) is 2.65. The summed E-state index contributed by atoms with van der Waals surface area (Å²) in [5, 5.41) is 2.92. The molecule has 0 fully saturated rings. The van der Waals surface area contributed by atoms with Gasteiger partial charge in [0.25, 0.3) is 0 Å². The second kappa shape index (κ2) is 7.35. The molecule has 5 nitrogen and oxygen atoms in total. The van der Waals surface area contributed by atoms with E-state index < -0.39 is 0 Å². The van der Waals surface area contributed by atoms with E-state index in [1.54, 1.807) is 38.5 Å². The number of fused-ring (bicyclic) bond motifs is 1. The highest BCUT2D eigenvalue weighted by molar-refractivity contribution is 6.04. The van der Waals surface area contributed by atoms with Gasteiger partial charge in [-0.1, -0.05) is 24.3 Å². The lowest BCUT2D eigenvalue weighted by Gasteiger charge is -2.44. The van der Waals surface area contributed by atoms with Crippen LogP contribution in [0, 0.1) is 0 Å². The van der Waals surface area contributed by atoms with E-state index >= 15 is 0 Å². The van der Waals surface area contributed by atoms with Crippen molar-refractivity contribution in [1.82, 2.24) is 4.90 Å². The number of rotatable bonds is 4. The summed E-state index contributed by atoms with van der Waals surface area (Å²) >= 11 is 0. The fraction of sp³-hybridized carbons (Fsp3) is 0.318. The van der Waals surface area contributed by atoms with Crippen LogP contribution in [0.25, 0.3) is 5.70 Å². The van der Waals surface area contributed by atoms with Gasteiger partial charge in [0, 0.05) is 41.7 Å². The van der Waals surface area contributed by atoms with Crippen LogP contribution < -0.4 is 14.8 Å². The third kappa shape index (κ3) is 3.77. The maximum Gasteiger partial charge on any atom is 0.250 e. The van der Waals surface area contributed by atoms with Crippen molar-refractivity contribution >= 4 is 17.3 Å². The molecule has 0 atom stereocenters. The molecule has 3 rings (SSSR count). The number of carbonyl (C=O) groups excluding carboxylic acids is 1. The summed E-state index contributed by atoms with van der Waals surface area (Å²) in [6, 6.07) is 13.6. The number of hydrogen-bond acceptors (Lipinski definition) is 4. The van der Waals surface area contributed by atoms with Crippen molar-refractivity contribution in [2.75, 3.05) is 26.6 Å². The molecule has 0 saturated heterocycles.